The quantitative estimate of drug-likeness (QED) is 0.512. The van der Waals surface area contributed by atoms with Gasteiger partial charge in [-0.3, -0.25) is 9.59 Å². The summed E-state index contributed by atoms with van der Waals surface area (Å²) < 4.78 is 0. The predicted molar refractivity (Wildman–Crippen MR) is 72.8 cm³/mol. The van der Waals surface area contributed by atoms with E-state index in [-0.39, 0.29) is 43.8 Å². The molecule has 0 spiro atoms. The van der Waals surface area contributed by atoms with E-state index in [4.69, 9.17) is 29.0 Å². The number of hydrogen-bond donors (Lipinski definition) is 2. The van der Waals surface area contributed by atoms with Crippen molar-refractivity contribution in [3.63, 3.8) is 0 Å². The minimum atomic E-state index is -0.924. The Bertz CT molecular complexity index is 255. The third-order valence-corrected chi connectivity index (χ3v) is 1.17. The molecule has 0 rings (SSSR count). The van der Waals surface area contributed by atoms with E-state index in [9.17, 15) is 19.2 Å². The number of rotatable bonds is 6. The fourth-order valence-corrected chi connectivity index (χ4v) is 0.465. The average molecular weight is 516 g/mol. The van der Waals surface area contributed by atoms with Gasteiger partial charge in [0.15, 0.2) is 0 Å². The van der Waals surface area contributed by atoms with Gasteiger partial charge in [-0.25, -0.2) is 0 Å². The summed E-state index contributed by atoms with van der Waals surface area (Å²) in [6, 6.07) is 0. The summed E-state index contributed by atoms with van der Waals surface area (Å²) in [7, 11) is 9.75. The van der Waals surface area contributed by atoms with Gasteiger partial charge in [-0.2, -0.15) is 0 Å². The average Bonchev–Trinajstić information content (AvgIpc) is 2.25. The molecule has 0 saturated carbocycles. The Kier molecular flexibility index (Phi) is 42.7. The van der Waals surface area contributed by atoms with Gasteiger partial charge in [0.25, 0.3) is 0 Å². The van der Waals surface area contributed by atoms with Gasteiger partial charge in [0.2, 0.25) is 0 Å². The normalized spacial score (nSPS) is 7.35. The molecule has 0 aliphatic rings. The molecule has 124 valence electrons. The molecular weight excluding hydrogens is 498 g/mol. The van der Waals surface area contributed by atoms with Gasteiger partial charge in [-0.15, -0.1) is 0 Å². The van der Waals surface area contributed by atoms with Crippen LogP contribution in [0.25, 0.3) is 12.3 Å². The van der Waals surface area contributed by atoms with Crippen LogP contribution in [-0.2, 0) is 35.7 Å². The van der Waals surface area contributed by atoms with Crippen molar-refractivity contribution in [1.29, 1.82) is 0 Å². The van der Waals surface area contributed by atoms with Crippen molar-refractivity contribution in [2.45, 2.75) is 32.6 Å². The maximum Gasteiger partial charge on any atom is -0.693 e. The third-order valence-electron chi connectivity index (χ3n) is 1.17. The van der Waals surface area contributed by atoms with Crippen molar-refractivity contribution in [1.82, 2.24) is 0 Å². The molecule has 0 fully saturated rings. The second-order valence-corrected chi connectivity index (χ2v) is 6.02. The summed E-state index contributed by atoms with van der Waals surface area (Å²) in [5, 5.41) is 15.9. The maximum absolute atomic E-state index is 10.1. The standard InChI is InChI=1S/C5H8O3.C4H6O3.2ClH.2H2N.Pt/c1-4(6)2-3-5(7)8;5-3-1-2-4(6)7;;;;;/h2-3H2,1H3,(H,7,8);3H,1-2H2,(H,6,7);2*1H;2*1H2;/q;;;;2*-1;+4/p-2. The van der Waals surface area contributed by atoms with Gasteiger partial charge in [0.1, 0.15) is 12.1 Å². The Morgan fingerprint density at radius 3 is 1.45 bits per heavy atom. The largest absolute Gasteiger partial charge is 0.693 e. The molecule has 0 amide bonds. The van der Waals surface area contributed by atoms with Crippen LogP contribution >= 0.6 is 18.8 Å². The van der Waals surface area contributed by atoms with Crippen LogP contribution in [-0.4, -0.2) is 34.2 Å². The van der Waals surface area contributed by atoms with Gasteiger partial charge in [0, 0.05) is 12.8 Å². The van der Waals surface area contributed by atoms with E-state index in [1.165, 1.54) is 6.92 Å². The Morgan fingerprint density at radius 1 is 1.00 bits per heavy atom. The molecule has 0 aromatic rings. The van der Waals surface area contributed by atoms with Gasteiger partial charge >= 0.3 is 47.3 Å². The second-order valence-electron chi connectivity index (χ2n) is 2.74. The van der Waals surface area contributed by atoms with E-state index in [0.29, 0.717) is 6.29 Å². The summed E-state index contributed by atoms with van der Waals surface area (Å²) in [5.41, 5.74) is 0. The summed E-state index contributed by atoms with van der Waals surface area (Å²) >= 11 is -0.472. The van der Waals surface area contributed by atoms with Crippen molar-refractivity contribution in [2.75, 3.05) is 0 Å². The molecule has 0 aromatic carbocycles. The molecule has 0 aliphatic carbocycles. The summed E-state index contributed by atoms with van der Waals surface area (Å²) in [6.45, 7) is 1.38. The third kappa shape index (κ3) is 66.1. The molecule has 8 nitrogen and oxygen atoms in total. The first-order valence-corrected chi connectivity index (χ1v) is 10.1. The van der Waals surface area contributed by atoms with Crippen LogP contribution in [0.4, 0.5) is 0 Å². The number of Topliss-reactive ketones (excluding diaryl/α,β-unsaturated/α-hetero) is 1. The maximum atomic E-state index is 10.1. The number of aliphatic carboxylic acids is 2. The fraction of sp³-hybridized carbons (Fsp3) is 0.556. The van der Waals surface area contributed by atoms with Gasteiger partial charge < -0.3 is 32.1 Å². The van der Waals surface area contributed by atoms with Crippen LogP contribution in [0.15, 0.2) is 0 Å². The van der Waals surface area contributed by atoms with E-state index in [0.717, 1.165) is 0 Å². The van der Waals surface area contributed by atoms with Crippen LogP contribution in [0.3, 0.4) is 0 Å². The van der Waals surface area contributed by atoms with E-state index in [1.54, 1.807) is 0 Å². The first-order valence-electron chi connectivity index (χ1n) is 4.50. The molecule has 0 aliphatic heterocycles. The van der Waals surface area contributed by atoms with Crippen molar-refractivity contribution in [3.8, 4) is 0 Å². The van der Waals surface area contributed by atoms with Gasteiger partial charge in [-0.1, -0.05) is 0 Å². The number of carboxylic acid groups (broad SMARTS) is 2. The number of ketones is 1. The first kappa shape index (κ1) is 31.7. The number of carboxylic acids is 2. The Labute approximate surface area is 133 Å². The number of aldehydes is 1. The predicted octanol–water partition coefficient (Wildman–Crippen LogP) is 3.30. The molecule has 0 unspecified atom stereocenters. The molecule has 0 aromatic heterocycles. The summed E-state index contributed by atoms with van der Waals surface area (Å²) in [5.74, 6) is -1.92. The van der Waals surface area contributed by atoms with Crippen LogP contribution in [0.1, 0.15) is 32.6 Å². The summed E-state index contributed by atoms with van der Waals surface area (Å²) in [6.07, 6.45) is 0.762. The molecule has 0 radical (unpaired) electrons. The minimum absolute atomic E-state index is 0. The smallest absolute Gasteiger partial charge is 0.693 e. The zero-order valence-electron chi connectivity index (χ0n) is 10.7. The molecule has 0 atom stereocenters. The Hall–Kier alpha value is -0.532. The van der Waals surface area contributed by atoms with Gasteiger partial charge in [0.05, 0.1) is 12.8 Å². The zero-order chi connectivity index (χ0) is 15.0. The molecule has 6 N–H and O–H groups in total. The molecule has 20 heavy (non-hydrogen) atoms. The topological polar surface area (TPSA) is 176 Å². The number of carbonyl (C=O) groups excluding carboxylic acids is 2. The Morgan fingerprint density at radius 2 is 1.35 bits per heavy atom. The zero-order valence-corrected chi connectivity index (χ0v) is 14.4. The number of halogens is 2. The molecular formula is C9H18Cl2N2O6Pt. The molecule has 11 heteroatoms. The monoisotopic (exact) mass is 515 g/mol. The van der Waals surface area contributed by atoms with Crippen molar-refractivity contribution in [3.05, 3.63) is 12.3 Å². The van der Waals surface area contributed by atoms with Crippen LogP contribution in [0.5, 0.6) is 0 Å². The second kappa shape index (κ2) is 26.9. The first-order chi connectivity index (χ1) is 8.31. The Balaban J connectivity index is -0.0000000581. The summed E-state index contributed by atoms with van der Waals surface area (Å²) in [4.78, 5) is 38.9. The van der Waals surface area contributed by atoms with Crippen LogP contribution < -0.4 is 0 Å². The SMILES string of the molecule is CC(=O)CCC(=O)O.O=CCCC(=O)O.[Cl][Pt+2][Cl].[NH2-].[NH2-]. The number of carbonyl (C=O) groups is 4. The fourth-order valence-electron chi connectivity index (χ4n) is 0.465. The van der Waals surface area contributed by atoms with Crippen molar-refractivity contribution >= 4 is 42.8 Å². The van der Waals surface area contributed by atoms with Crippen molar-refractivity contribution in [2.24, 2.45) is 0 Å². The van der Waals surface area contributed by atoms with E-state index in [2.05, 4.69) is 0 Å². The van der Waals surface area contributed by atoms with E-state index in [1.807, 2.05) is 0 Å². The molecule has 0 heterocycles. The van der Waals surface area contributed by atoms with E-state index >= 15 is 0 Å². The van der Waals surface area contributed by atoms with E-state index < -0.39 is 28.4 Å². The van der Waals surface area contributed by atoms with Crippen LogP contribution in [0.2, 0.25) is 0 Å². The van der Waals surface area contributed by atoms with Gasteiger partial charge in [-0.05, 0) is 6.92 Å². The molecule has 0 bridgehead atoms. The number of hydrogen-bond acceptors (Lipinski definition) is 4. The minimum Gasteiger partial charge on any atom is -0.693 e. The van der Waals surface area contributed by atoms with Crippen molar-refractivity contribution < 1.29 is 45.9 Å². The van der Waals surface area contributed by atoms with Crippen LogP contribution in [0, 0.1) is 0 Å². The number of nitrogens with two attached hydrogens (primary N) is 2. The molecule has 0 saturated heterocycles.